The summed E-state index contributed by atoms with van der Waals surface area (Å²) in [5.41, 5.74) is 1.60. The van der Waals surface area contributed by atoms with Crippen molar-refractivity contribution in [2.45, 2.75) is 0 Å². The van der Waals surface area contributed by atoms with E-state index in [4.69, 9.17) is 21.0 Å². The fraction of sp³-hybridized carbons (Fsp3) is 0. The molecule has 0 spiro atoms. The normalized spacial score (nSPS) is 11.8. The van der Waals surface area contributed by atoms with Crippen LogP contribution in [-0.4, -0.2) is 33.8 Å². The van der Waals surface area contributed by atoms with E-state index in [2.05, 4.69) is 5.32 Å². The van der Waals surface area contributed by atoms with E-state index in [1.54, 1.807) is 0 Å². The van der Waals surface area contributed by atoms with Crippen molar-refractivity contribution in [3.05, 3.63) is 70.8 Å². The van der Waals surface area contributed by atoms with Crippen molar-refractivity contribution in [3.8, 4) is 0 Å². The Morgan fingerprint density at radius 2 is 1.22 bits per heavy atom. The summed E-state index contributed by atoms with van der Waals surface area (Å²) in [5.74, 6) is -1.60. The lowest BCUT2D eigenvalue weighted by molar-refractivity contribution is 0.0696. The number of aromatic carboxylic acids is 2. The standard InChI is InChI=1S/C8H7N3.C8H6O4/c9-7-5-3-1-2-4-6(5)8(10)11-7;9-7(10)5-2-1-3-6(4-5)8(11)12/h1-4H,(H3,9,10,11);1-4H,(H,9,10)(H,11,12). The van der Waals surface area contributed by atoms with Gasteiger partial charge in [-0.05, 0) is 18.2 Å². The number of carbonyl (C=O) groups is 2. The smallest absolute Gasteiger partial charge is 0.335 e. The van der Waals surface area contributed by atoms with E-state index >= 15 is 0 Å². The average Bonchev–Trinajstić information content (AvgIpc) is 2.83. The van der Waals surface area contributed by atoms with Crippen molar-refractivity contribution >= 4 is 23.6 Å². The molecule has 2 aromatic rings. The van der Waals surface area contributed by atoms with Gasteiger partial charge in [0, 0.05) is 11.1 Å². The molecule has 0 aliphatic carbocycles. The Hall–Kier alpha value is -3.48. The predicted molar refractivity (Wildman–Crippen MR) is 83.6 cm³/mol. The summed E-state index contributed by atoms with van der Waals surface area (Å²) in [5, 5.41) is 34.5. The van der Waals surface area contributed by atoms with Crippen molar-refractivity contribution < 1.29 is 19.8 Å². The van der Waals surface area contributed by atoms with Crippen LogP contribution in [0.15, 0.2) is 48.5 Å². The summed E-state index contributed by atoms with van der Waals surface area (Å²) in [7, 11) is 0. The first-order valence-electron chi connectivity index (χ1n) is 6.50. The maximum absolute atomic E-state index is 10.4. The predicted octanol–water partition coefficient (Wildman–Crippen LogP) is 2.02. The highest BCUT2D eigenvalue weighted by Crippen LogP contribution is 2.13. The number of benzene rings is 2. The topological polar surface area (TPSA) is 134 Å². The van der Waals surface area contributed by atoms with Gasteiger partial charge in [0.1, 0.15) is 11.7 Å². The van der Waals surface area contributed by atoms with Gasteiger partial charge < -0.3 is 15.5 Å². The number of amidine groups is 2. The van der Waals surface area contributed by atoms with Gasteiger partial charge in [0.2, 0.25) is 0 Å². The summed E-state index contributed by atoms with van der Waals surface area (Å²) in [4.78, 5) is 20.8. The van der Waals surface area contributed by atoms with Gasteiger partial charge in [0.05, 0.1) is 11.1 Å². The summed E-state index contributed by atoms with van der Waals surface area (Å²) in [6.07, 6.45) is 0. The van der Waals surface area contributed by atoms with Crippen LogP contribution in [0.4, 0.5) is 0 Å². The van der Waals surface area contributed by atoms with E-state index in [1.807, 2.05) is 24.3 Å². The first-order valence-corrected chi connectivity index (χ1v) is 6.50. The molecule has 23 heavy (non-hydrogen) atoms. The molecule has 1 aliphatic heterocycles. The Morgan fingerprint density at radius 3 is 1.61 bits per heavy atom. The lowest BCUT2D eigenvalue weighted by Gasteiger charge is -1.95. The van der Waals surface area contributed by atoms with E-state index in [1.165, 1.54) is 18.2 Å². The number of carboxylic acid groups (broad SMARTS) is 2. The molecular formula is C16H13N3O4. The van der Waals surface area contributed by atoms with Crippen molar-refractivity contribution in [2.24, 2.45) is 0 Å². The Bertz CT molecular complexity index is 752. The van der Waals surface area contributed by atoms with Gasteiger partial charge in [-0.15, -0.1) is 0 Å². The van der Waals surface area contributed by atoms with Crippen molar-refractivity contribution in [3.63, 3.8) is 0 Å². The Morgan fingerprint density at radius 1 is 0.783 bits per heavy atom. The molecule has 1 heterocycles. The molecule has 0 saturated heterocycles. The molecule has 3 rings (SSSR count). The molecule has 0 radical (unpaired) electrons. The first kappa shape index (κ1) is 15.9. The molecular weight excluding hydrogens is 298 g/mol. The molecule has 1 aliphatic rings. The lowest BCUT2D eigenvalue weighted by Crippen LogP contribution is -2.19. The Kier molecular flexibility index (Phi) is 4.51. The number of fused-ring (bicyclic) bond motifs is 1. The molecule has 0 aromatic heterocycles. The fourth-order valence-electron chi connectivity index (χ4n) is 1.96. The van der Waals surface area contributed by atoms with Gasteiger partial charge in [-0.2, -0.15) is 0 Å². The summed E-state index contributed by atoms with van der Waals surface area (Å²) >= 11 is 0. The van der Waals surface area contributed by atoms with Crippen LogP contribution < -0.4 is 5.32 Å². The van der Waals surface area contributed by atoms with Crippen LogP contribution in [0.3, 0.4) is 0 Å². The van der Waals surface area contributed by atoms with Crippen LogP contribution >= 0.6 is 0 Å². The van der Waals surface area contributed by atoms with Crippen LogP contribution in [0.25, 0.3) is 0 Å². The summed E-state index contributed by atoms with van der Waals surface area (Å²) in [6, 6.07) is 12.6. The highest BCUT2D eigenvalue weighted by atomic mass is 16.4. The molecule has 0 unspecified atom stereocenters. The van der Waals surface area contributed by atoms with Gasteiger partial charge in [0.25, 0.3) is 0 Å². The second-order valence-corrected chi connectivity index (χ2v) is 4.61. The van der Waals surface area contributed by atoms with Gasteiger partial charge in [-0.1, -0.05) is 30.3 Å². The van der Waals surface area contributed by atoms with Crippen molar-refractivity contribution in [2.75, 3.05) is 0 Å². The largest absolute Gasteiger partial charge is 0.478 e. The molecule has 0 amide bonds. The number of carboxylic acids is 2. The fourth-order valence-corrected chi connectivity index (χ4v) is 1.96. The minimum atomic E-state index is -1.13. The van der Waals surface area contributed by atoms with Gasteiger partial charge in [-0.25, -0.2) is 9.59 Å². The maximum Gasteiger partial charge on any atom is 0.335 e. The molecule has 0 atom stereocenters. The second-order valence-electron chi connectivity index (χ2n) is 4.61. The van der Waals surface area contributed by atoms with E-state index < -0.39 is 11.9 Å². The minimum absolute atomic E-state index is 0.0186. The van der Waals surface area contributed by atoms with Crippen LogP contribution in [-0.2, 0) is 0 Å². The third-order valence-electron chi connectivity index (χ3n) is 3.07. The molecule has 7 nitrogen and oxygen atoms in total. The molecule has 116 valence electrons. The first-order chi connectivity index (χ1) is 10.9. The summed E-state index contributed by atoms with van der Waals surface area (Å²) in [6.45, 7) is 0. The molecule has 0 bridgehead atoms. The van der Waals surface area contributed by atoms with Crippen LogP contribution in [0, 0.1) is 10.8 Å². The van der Waals surface area contributed by atoms with Gasteiger partial charge in [-0.3, -0.25) is 10.8 Å². The van der Waals surface area contributed by atoms with E-state index in [9.17, 15) is 9.59 Å². The zero-order chi connectivity index (χ0) is 17.0. The van der Waals surface area contributed by atoms with Gasteiger partial charge in [0.15, 0.2) is 0 Å². The second kappa shape index (κ2) is 6.52. The van der Waals surface area contributed by atoms with E-state index in [-0.39, 0.29) is 11.1 Å². The van der Waals surface area contributed by atoms with Crippen LogP contribution in [0.2, 0.25) is 0 Å². The quantitative estimate of drug-likeness (QED) is 0.578. The number of rotatable bonds is 2. The number of hydrogen-bond acceptors (Lipinski definition) is 4. The zero-order valence-corrected chi connectivity index (χ0v) is 11.8. The number of hydrogen-bond donors (Lipinski definition) is 5. The molecule has 0 saturated carbocycles. The Labute approximate surface area is 131 Å². The van der Waals surface area contributed by atoms with Gasteiger partial charge >= 0.3 is 11.9 Å². The highest BCUT2D eigenvalue weighted by Gasteiger charge is 2.18. The third-order valence-corrected chi connectivity index (χ3v) is 3.07. The van der Waals surface area contributed by atoms with Crippen LogP contribution in [0.1, 0.15) is 31.8 Å². The molecule has 5 N–H and O–H groups in total. The average molecular weight is 311 g/mol. The zero-order valence-electron chi connectivity index (χ0n) is 11.8. The number of nitrogens with one attached hydrogen (secondary N) is 3. The van der Waals surface area contributed by atoms with Crippen molar-refractivity contribution in [1.82, 2.24) is 5.32 Å². The minimum Gasteiger partial charge on any atom is -0.478 e. The molecule has 2 aromatic carbocycles. The Balaban J connectivity index is 0.000000167. The van der Waals surface area contributed by atoms with Crippen LogP contribution in [0.5, 0.6) is 0 Å². The third kappa shape index (κ3) is 3.59. The van der Waals surface area contributed by atoms with E-state index in [0.29, 0.717) is 11.7 Å². The lowest BCUT2D eigenvalue weighted by atomic mass is 10.1. The SMILES string of the molecule is N=C1NC(=N)c2ccccc21.O=C(O)c1cccc(C(=O)O)c1. The summed E-state index contributed by atoms with van der Waals surface area (Å²) < 4.78 is 0. The highest BCUT2D eigenvalue weighted by molar-refractivity contribution is 6.23. The van der Waals surface area contributed by atoms with E-state index in [0.717, 1.165) is 17.2 Å². The maximum atomic E-state index is 10.4. The monoisotopic (exact) mass is 311 g/mol. The van der Waals surface area contributed by atoms with Crippen molar-refractivity contribution in [1.29, 1.82) is 10.8 Å². The molecule has 7 heteroatoms. The molecule has 0 fully saturated rings.